The maximum absolute atomic E-state index is 12.2. The van der Waals surface area contributed by atoms with Gasteiger partial charge in [-0.3, -0.25) is 4.79 Å². The Labute approximate surface area is 142 Å². The molecule has 0 bridgehead atoms. The van der Waals surface area contributed by atoms with Crippen molar-refractivity contribution in [3.8, 4) is 0 Å². The number of hydrogen-bond donors (Lipinski definition) is 1. The Morgan fingerprint density at radius 3 is 2.76 bits per heavy atom. The van der Waals surface area contributed by atoms with Crippen molar-refractivity contribution in [2.75, 3.05) is 5.32 Å². The van der Waals surface area contributed by atoms with Gasteiger partial charge in [-0.2, -0.15) is 4.98 Å². The molecule has 0 aliphatic rings. The molecule has 0 saturated carbocycles. The number of aryl methyl sites for hydroxylation is 2. The first-order valence-electron chi connectivity index (χ1n) is 7.45. The highest BCUT2D eigenvalue weighted by Gasteiger charge is 2.15. The monoisotopic (exact) mass is 341 g/mol. The number of ether oxygens (including phenoxy) is 1. The van der Waals surface area contributed by atoms with Crippen molar-refractivity contribution >= 4 is 17.6 Å². The van der Waals surface area contributed by atoms with Crippen LogP contribution in [0.25, 0.3) is 0 Å². The Morgan fingerprint density at radius 2 is 2.08 bits per heavy atom. The molecule has 0 fully saturated rings. The number of carbonyl (C=O) groups excluding carboxylic acids is 2. The second-order valence-corrected chi connectivity index (χ2v) is 5.27. The molecule has 1 N–H and O–H groups in total. The molecule has 2 heterocycles. The molecule has 3 rings (SSSR count). The fourth-order valence-electron chi connectivity index (χ4n) is 2.08. The van der Waals surface area contributed by atoms with E-state index in [1.807, 2.05) is 6.92 Å². The van der Waals surface area contributed by atoms with Crippen molar-refractivity contribution in [1.29, 1.82) is 0 Å². The van der Waals surface area contributed by atoms with Crippen molar-refractivity contribution < 1.29 is 23.3 Å². The van der Waals surface area contributed by atoms with Gasteiger partial charge in [0, 0.05) is 5.69 Å². The molecule has 0 spiro atoms. The summed E-state index contributed by atoms with van der Waals surface area (Å²) in [4.78, 5) is 28.2. The lowest BCUT2D eigenvalue weighted by Crippen LogP contribution is -2.13. The first-order valence-corrected chi connectivity index (χ1v) is 7.45. The number of nitrogens with one attached hydrogen (secondary N) is 1. The minimum absolute atomic E-state index is 0.123. The highest BCUT2D eigenvalue weighted by molar-refractivity contribution is 6.03. The van der Waals surface area contributed by atoms with Crippen molar-refractivity contribution in [3.63, 3.8) is 0 Å². The average molecular weight is 341 g/mol. The second kappa shape index (κ2) is 7.00. The minimum atomic E-state index is -0.565. The van der Waals surface area contributed by atoms with Gasteiger partial charge in [0.05, 0.1) is 11.8 Å². The number of anilines is 1. The van der Waals surface area contributed by atoms with Crippen LogP contribution in [0.5, 0.6) is 0 Å². The maximum atomic E-state index is 12.2. The van der Waals surface area contributed by atoms with E-state index in [-0.39, 0.29) is 23.8 Å². The van der Waals surface area contributed by atoms with Crippen LogP contribution in [0.4, 0.5) is 5.69 Å². The third-order valence-electron chi connectivity index (χ3n) is 3.36. The Morgan fingerprint density at radius 1 is 1.24 bits per heavy atom. The number of nitrogens with zero attached hydrogens (tertiary/aromatic N) is 2. The van der Waals surface area contributed by atoms with Crippen molar-refractivity contribution in [3.05, 3.63) is 65.2 Å². The van der Waals surface area contributed by atoms with E-state index in [0.29, 0.717) is 11.5 Å². The van der Waals surface area contributed by atoms with E-state index in [2.05, 4.69) is 15.5 Å². The van der Waals surface area contributed by atoms with Crippen molar-refractivity contribution in [2.24, 2.45) is 0 Å². The van der Waals surface area contributed by atoms with Crippen LogP contribution in [0.1, 0.15) is 38.2 Å². The summed E-state index contributed by atoms with van der Waals surface area (Å²) in [5.41, 5.74) is 1.57. The summed E-state index contributed by atoms with van der Waals surface area (Å²) in [6.45, 7) is 3.36. The van der Waals surface area contributed by atoms with Crippen LogP contribution in [0, 0.1) is 13.8 Å². The summed E-state index contributed by atoms with van der Waals surface area (Å²) in [5.74, 6) is -0.114. The normalized spacial score (nSPS) is 10.5. The van der Waals surface area contributed by atoms with Gasteiger partial charge in [0.1, 0.15) is 0 Å². The molecule has 0 unspecified atom stereocenters. The smallest absolute Gasteiger partial charge is 0.338 e. The Bertz CT molecular complexity index is 899. The van der Waals surface area contributed by atoms with Gasteiger partial charge in [0.25, 0.3) is 11.8 Å². The molecule has 8 heteroatoms. The SMILES string of the molecule is Cc1noc(COC(=O)c2ccc(C)c(NC(=O)c3ccco3)c2)n1. The van der Waals surface area contributed by atoms with E-state index in [1.165, 1.54) is 12.3 Å². The Kier molecular flexibility index (Phi) is 4.60. The zero-order valence-corrected chi connectivity index (χ0v) is 13.6. The van der Waals surface area contributed by atoms with E-state index in [0.717, 1.165) is 5.56 Å². The summed E-state index contributed by atoms with van der Waals surface area (Å²) in [7, 11) is 0. The number of rotatable bonds is 5. The van der Waals surface area contributed by atoms with E-state index < -0.39 is 11.9 Å². The quantitative estimate of drug-likeness (QED) is 0.711. The lowest BCUT2D eigenvalue weighted by molar-refractivity contribution is 0.0429. The highest BCUT2D eigenvalue weighted by Crippen LogP contribution is 2.19. The molecule has 0 aliphatic carbocycles. The van der Waals surface area contributed by atoms with E-state index in [1.54, 1.807) is 31.2 Å². The zero-order chi connectivity index (χ0) is 17.8. The zero-order valence-electron chi connectivity index (χ0n) is 13.6. The van der Waals surface area contributed by atoms with Gasteiger partial charge < -0.3 is 19.0 Å². The number of aromatic nitrogens is 2. The third-order valence-corrected chi connectivity index (χ3v) is 3.36. The number of furan rings is 1. The third kappa shape index (κ3) is 3.92. The molecule has 3 aromatic rings. The van der Waals surface area contributed by atoms with Crippen molar-refractivity contribution in [2.45, 2.75) is 20.5 Å². The summed E-state index contributed by atoms with van der Waals surface area (Å²) in [5, 5.41) is 6.32. The van der Waals surface area contributed by atoms with Gasteiger partial charge in [0.2, 0.25) is 0 Å². The molecule has 128 valence electrons. The molecule has 0 saturated heterocycles. The Hall–Kier alpha value is -3.42. The fourth-order valence-corrected chi connectivity index (χ4v) is 2.08. The predicted octanol–water partition coefficient (Wildman–Crippen LogP) is 2.89. The topological polar surface area (TPSA) is 107 Å². The van der Waals surface area contributed by atoms with Crippen LogP contribution in [0.15, 0.2) is 45.5 Å². The summed E-state index contributed by atoms with van der Waals surface area (Å²) in [6, 6.07) is 8.03. The van der Waals surface area contributed by atoms with Crippen LogP contribution < -0.4 is 5.32 Å². The van der Waals surface area contributed by atoms with Crippen LogP contribution in [-0.4, -0.2) is 22.0 Å². The van der Waals surface area contributed by atoms with E-state index in [9.17, 15) is 9.59 Å². The van der Waals surface area contributed by atoms with Gasteiger partial charge in [-0.15, -0.1) is 0 Å². The standard InChI is InChI=1S/C17H15N3O5/c1-10-5-6-12(17(22)24-9-15-18-11(2)20-25-15)8-13(10)19-16(21)14-4-3-7-23-14/h3-8H,9H2,1-2H3,(H,19,21). The molecule has 1 amide bonds. The number of carbonyl (C=O) groups is 2. The summed E-state index contributed by atoms with van der Waals surface area (Å²) in [6.07, 6.45) is 1.41. The molecular weight excluding hydrogens is 326 g/mol. The maximum Gasteiger partial charge on any atom is 0.338 e. The van der Waals surface area contributed by atoms with Crippen LogP contribution in [0.2, 0.25) is 0 Å². The molecule has 0 aliphatic heterocycles. The molecule has 25 heavy (non-hydrogen) atoms. The molecule has 0 radical (unpaired) electrons. The molecule has 0 atom stereocenters. The number of benzene rings is 1. The van der Waals surface area contributed by atoms with Gasteiger partial charge >= 0.3 is 5.97 Å². The highest BCUT2D eigenvalue weighted by atomic mass is 16.6. The van der Waals surface area contributed by atoms with Gasteiger partial charge in [-0.05, 0) is 43.7 Å². The molecular formula is C17H15N3O5. The Balaban J connectivity index is 1.69. The number of esters is 1. The van der Waals surface area contributed by atoms with Crippen molar-refractivity contribution in [1.82, 2.24) is 10.1 Å². The minimum Gasteiger partial charge on any atom is -0.459 e. The molecule has 1 aromatic carbocycles. The van der Waals surface area contributed by atoms with E-state index in [4.69, 9.17) is 13.7 Å². The lowest BCUT2D eigenvalue weighted by Gasteiger charge is -2.09. The lowest BCUT2D eigenvalue weighted by atomic mass is 10.1. The van der Waals surface area contributed by atoms with Crippen LogP contribution in [-0.2, 0) is 11.3 Å². The summed E-state index contributed by atoms with van der Waals surface area (Å²) < 4.78 is 15.1. The second-order valence-electron chi connectivity index (χ2n) is 5.27. The van der Waals surface area contributed by atoms with Crippen LogP contribution in [0.3, 0.4) is 0 Å². The average Bonchev–Trinajstić information content (AvgIpc) is 3.26. The molecule has 8 nitrogen and oxygen atoms in total. The van der Waals surface area contributed by atoms with Gasteiger partial charge in [-0.1, -0.05) is 11.2 Å². The van der Waals surface area contributed by atoms with E-state index >= 15 is 0 Å². The predicted molar refractivity (Wildman–Crippen MR) is 86.0 cm³/mol. The largest absolute Gasteiger partial charge is 0.459 e. The van der Waals surface area contributed by atoms with Crippen LogP contribution >= 0.6 is 0 Å². The fraction of sp³-hybridized carbons (Fsp3) is 0.176. The summed E-state index contributed by atoms with van der Waals surface area (Å²) >= 11 is 0. The number of amides is 1. The first kappa shape index (κ1) is 16.4. The first-order chi connectivity index (χ1) is 12.0. The number of hydrogen-bond acceptors (Lipinski definition) is 7. The molecule has 2 aromatic heterocycles. The van der Waals surface area contributed by atoms with Gasteiger partial charge in [0.15, 0.2) is 18.2 Å². The van der Waals surface area contributed by atoms with Gasteiger partial charge in [-0.25, -0.2) is 4.79 Å².